The minimum absolute atomic E-state index is 0.671. The summed E-state index contributed by atoms with van der Waals surface area (Å²) in [5.41, 5.74) is 2.38. The molecule has 0 fully saturated rings. The average molecular weight is 242 g/mol. The van der Waals surface area contributed by atoms with Crippen LogP contribution in [0.25, 0.3) is 0 Å². The van der Waals surface area contributed by atoms with Crippen molar-refractivity contribution < 1.29 is 0 Å². The topological polar surface area (TPSA) is 49.8 Å². The molecule has 1 aromatic carbocycles. The van der Waals surface area contributed by atoms with Crippen molar-refractivity contribution in [3.05, 3.63) is 47.9 Å². The maximum atomic E-state index is 4.42. The minimum atomic E-state index is 0.671. The van der Waals surface area contributed by atoms with E-state index in [1.165, 1.54) is 5.56 Å². The molecule has 0 unspecified atom stereocenters. The number of hydrogen-bond acceptors (Lipinski definition) is 4. The van der Waals surface area contributed by atoms with Crippen LogP contribution in [0.15, 0.2) is 36.5 Å². The van der Waals surface area contributed by atoms with Gasteiger partial charge in [0.2, 0.25) is 0 Å². The Morgan fingerprint density at radius 3 is 2.56 bits per heavy atom. The van der Waals surface area contributed by atoms with E-state index in [4.69, 9.17) is 0 Å². The van der Waals surface area contributed by atoms with Gasteiger partial charge in [-0.2, -0.15) is 0 Å². The first-order valence-corrected chi connectivity index (χ1v) is 6.14. The van der Waals surface area contributed by atoms with Crippen LogP contribution in [0, 0.1) is 0 Å². The number of nitrogens with one attached hydrogen (secondary N) is 2. The van der Waals surface area contributed by atoms with Crippen LogP contribution in [0.5, 0.6) is 0 Å². The molecule has 0 spiro atoms. The third-order valence-electron chi connectivity index (χ3n) is 2.67. The lowest BCUT2D eigenvalue weighted by atomic mass is 10.1. The highest BCUT2D eigenvalue weighted by molar-refractivity contribution is 5.56. The van der Waals surface area contributed by atoms with Gasteiger partial charge in [0.15, 0.2) is 0 Å². The highest BCUT2D eigenvalue weighted by Crippen LogP contribution is 2.15. The zero-order valence-electron chi connectivity index (χ0n) is 10.8. The fraction of sp³-hybridized carbons (Fsp3) is 0.286. The van der Waals surface area contributed by atoms with E-state index in [0.29, 0.717) is 6.54 Å². The molecule has 0 amide bonds. The van der Waals surface area contributed by atoms with E-state index < -0.39 is 0 Å². The van der Waals surface area contributed by atoms with Gasteiger partial charge >= 0.3 is 0 Å². The summed E-state index contributed by atoms with van der Waals surface area (Å²) in [7, 11) is 1.88. The van der Waals surface area contributed by atoms with Gasteiger partial charge in [-0.1, -0.05) is 19.1 Å². The van der Waals surface area contributed by atoms with Crippen LogP contribution in [0.3, 0.4) is 0 Å². The molecule has 2 aromatic rings. The number of anilines is 2. The highest BCUT2D eigenvalue weighted by atomic mass is 15.0. The number of rotatable bonds is 5. The second kappa shape index (κ2) is 6.12. The predicted octanol–water partition coefficient (Wildman–Crippen LogP) is 2.50. The standard InChI is InChI=1S/C14H18N4/c1-3-11-4-6-12(7-5-11)17-13-8-9-16-14(18-13)10-15-2/h4-9,15H,3,10H2,1-2H3,(H,16,17,18). The smallest absolute Gasteiger partial charge is 0.144 e. The van der Waals surface area contributed by atoms with E-state index >= 15 is 0 Å². The van der Waals surface area contributed by atoms with Gasteiger partial charge in [0.1, 0.15) is 11.6 Å². The summed E-state index contributed by atoms with van der Waals surface area (Å²) in [5, 5.41) is 6.31. The monoisotopic (exact) mass is 242 g/mol. The Morgan fingerprint density at radius 2 is 1.89 bits per heavy atom. The molecule has 2 N–H and O–H groups in total. The third-order valence-corrected chi connectivity index (χ3v) is 2.67. The summed E-state index contributed by atoms with van der Waals surface area (Å²) in [6.07, 6.45) is 2.82. The van der Waals surface area contributed by atoms with Crippen LogP contribution in [0.4, 0.5) is 11.5 Å². The Kier molecular flexibility index (Phi) is 4.25. The molecule has 2 rings (SSSR count). The normalized spacial score (nSPS) is 10.3. The van der Waals surface area contributed by atoms with E-state index in [1.807, 2.05) is 13.1 Å². The van der Waals surface area contributed by atoms with Gasteiger partial charge in [-0.05, 0) is 37.2 Å². The first-order chi connectivity index (χ1) is 8.81. The summed E-state index contributed by atoms with van der Waals surface area (Å²) in [5.74, 6) is 1.60. The average Bonchev–Trinajstić information content (AvgIpc) is 2.40. The van der Waals surface area contributed by atoms with Crippen molar-refractivity contribution in [1.29, 1.82) is 0 Å². The molecule has 18 heavy (non-hydrogen) atoms. The molecular formula is C14H18N4. The highest BCUT2D eigenvalue weighted by Gasteiger charge is 1.99. The summed E-state index contributed by atoms with van der Waals surface area (Å²) in [6, 6.07) is 10.3. The van der Waals surface area contributed by atoms with Crippen molar-refractivity contribution in [3.8, 4) is 0 Å². The molecule has 0 aliphatic rings. The molecule has 4 nitrogen and oxygen atoms in total. The van der Waals surface area contributed by atoms with E-state index in [2.05, 4.69) is 51.8 Å². The summed E-state index contributed by atoms with van der Waals surface area (Å²) >= 11 is 0. The number of aryl methyl sites for hydroxylation is 1. The lowest BCUT2D eigenvalue weighted by Gasteiger charge is -2.07. The minimum Gasteiger partial charge on any atom is -0.340 e. The van der Waals surface area contributed by atoms with Crippen LogP contribution >= 0.6 is 0 Å². The van der Waals surface area contributed by atoms with E-state index in [0.717, 1.165) is 23.8 Å². The van der Waals surface area contributed by atoms with Crippen LogP contribution in [-0.4, -0.2) is 17.0 Å². The van der Waals surface area contributed by atoms with Crippen molar-refractivity contribution in [1.82, 2.24) is 15.3 Å². The fourth-order valence-corrected chi connectivity index (χ4v) is 1.68. The van der Waals surface area contributed by atoms with E-state index in [1.54, 1.807) is 6.20 Å². The van der Waals surface area contributed by atoms with Crippen molar-refractivity contribution in [2.75, 3.05) is 12.4 Å². The van der Waals surface area contributed by atoms with Gasteiger partial charge < -0.3 is 10.6 Å². The van der Waals surface area contributed by atoms with Crippen LogP contribution < -0.4 is 10.6 Å². The van der Waals surface area contributed by atoms with Gasteiger partial charge in [0.25, 0.3) is 0 Å². The zero-order chi connectivity index (χ0) is 12.8. The van der Waals surface area contributed by atoms with E-state index in [9.17, 15) is 0 Å². The number of benzene rings is 1. The molecule has 0 radical (unpaired) electrons. The van der Waals surface area contributed by atoms with Crippen molar-refractivity contribution >= 4 is 11.5 Å². The van der Waals surface area contributed by atoms with Crippen LogP contribution in [-0.2, 0) is 13.0 Å². The fourth-order valence-electron chi connectivity index (χ4n) is 1.68. The molecule has 0 aliphatic carbocycles. The zero-order valence-corrected chi connectivity index (χ0v) is 10.8. The van der Waals surface area contributed by atoms with Crippen LogP contribution in [0.2, 0.25) is 0 Å². The summed E-state index contributed by atoms with van der Waals surface area (Å²) in [4.78, 5) is 8.60. The Hall–Kier alpha value is -1.94. The molecule has 1 heterocycles. The molecule has 94 valence electrons. The molecule has 0 atom stereocenters. The van der Waals surface area contributed by atoms with Crippen molar-refractivity contribution in [2.45, 2.75) is 19.9 Å². The lowest BCUT2D eigenvalue weighted by molar-refractivity contribution is 0.759. The van der Waals surface area contributed by atoms with E-state index in [-0.39, 0.29) is 0 Å². The van der Waals surface area contributed by atoms with Gasteiger partial charge in [-0.15, -0.1) is 0 Å². The predicted molar refractivity (Wildman–Crippen MR) is 73.9 cm³/mol. The summed E-state index contributed by atoms with van der Waals surface area (Å²) in [6.45, 7) is 2.82. The number of hydrogen-bond donors (Lipinski definition) is 2. The Bertz CT molecular complexity index is 493. The van der Waals surface area contributed by atoms with Crippen molar-refractivity contribution in [2.24, 2.45) is 0 Å². The number of aromatic nitrogens is 2. The molecule has 0 aliphatic heterocycles. The summed E-state index contributed by atoms with van der Waals surface area (Å²) < 4.78 is 0. The lowest BCUT2D eigenvalue weighted by Crippen LogP contribution is -2.09. The molecule has 0 bridgehead atoms. The number of nitrogens with zero attached hydrogens (tertiary/aromatic N) is 2. The maximum absolute atomic E-state index is 4.42. The quantitative estimate of drug-likeness (QED) is 0.845. The Morgan fingerprint density at radius 1 is 1.11 bits per heavy atom. The molecule has 0 saturated heterocycles. The second-order valence-electron chi connectivity index (χ2n) is 4.06. The Balaban J connectivity index is 2.09. The molecule has 0 saturated carbocycles. The van der Waals surface area contributed by atoms with Crippen molar-refractivity contribution in [3.63, 3.8) is 0 Å². The molecular weight excluding hydrogens is 224 g/mol. The van der Waals surface area contributed by atoms with Gasteiger partial charge in [-0.25, -0.2) is 9.97 Å². The third kappa shape index (κ3) is 3.28. The van der Waals surface area contributed by atoms with Gasteiger partial charge in [0, 0.05) is 11.9 Å². The van der Waals surface area contributed by atoms with Gasteiger partial charge in [-0.3, -0.25) is 0 Å². The SMILES string of the molecule is CCc1ccc(Nc2ccnc(CNC)n2)cc1. The first-order valence-electron chi connectivity index (χ1n) is 6.14. The molecule has 1 aromatic heterocycles. The maximum Gasteiger partial charge on any atom is 0.144 e. The largest absolute Gasteiger partial charge is 0.340 e. The Labute approximate surface area is 107 Å². The van der Waals surface area contributed by atoms with Gasteiger partial charge in [0.05, 0.1) is 6.54 Å². The second-order valence-corrected chi connectivity index (χ2v) is 4.06. The first kappa shape index (κ1) is 12.5. The van der Waals surface area contributed by atoms with Crippen LogP contribution in [0.1, 0.15) is 18.3 Å². The molecule has 4 heteroatoms.